The Balaban J connectivity index is 0.00000196. The molecule has 0 heterocycles. The van der Waals surface area contributed by atoms with Crippen LogP contribution in [0.15, 0.2) is 34.1 Å². The molecule has 1 rings (SSSR count). The summed E-state index contributed by atoms with van der Waals surface area (Å²) in [7, 11) is -9.31. The van der Waals surface area contributed by atoms with E-state index in [1.54, 1.807) is 0 Å². The van der Waals surface area contributed by atoms with E-state index in [9.17, 15) is 16.8 Å². The Bertz CT molecular complexity index is 496. The molecular weight excluding hydrogens is 365 g/mol. The molecule has 6 nitrogen and oxygen atoms in total. The molecule has 0 saturated heterocycles. The van der Waals surface area contributed by atoms with Crippen molar-refractivity contribution in [2.24, 2.45) is 0 Å². The molecule has 0 radical (unpaired) electrons. The fraction of sp³-hybridized carbons (Fsp3) is 0. The third-order valence-corrected chi connectivity index (χ3v) is 3.36. The van der Waals surface area contributed by atoms with Crippen LogP contribution in [0.4, 0.5) is 0 Å². The Labute approximate surface area is 146 Å². The first kappa shape index (κ1) is 16.1. The molecule has 9 heteroatoms. The first-order chi connectivity index (χ1) is 6.23. The SMILES string of the molecule is O=S(=O)(O)c1ccccc1S(=O)(=O)O.[CsH]. The molecule has 0 amide bonds. The summed E-state index contributed by atoms with van der Waals surface area (Å²) in [6, 6.07) is 4.19. The molecule has 0 aliphatic heterocycles. The van der Waals surface area contributed by atoms with Gasteiger partial charge >= 0.3 is 68.9 Å². The van der Waals surface area contributed by atoms with Crippen LogP contribution in [0.2, 0.25) is 0 Å². The van der Waals surface area contributed by atoms with Gasteiger partial charge in [0, 0.05) is 0 Å². The van der Waals surface area contributed by atoms with E-state index >= 15 is 0 Å². The third kappa shape index (κ3) is 4.46. The molecule has 0 aliphatic rings. The van der Waals surface area contributed by atoms with Crippen molar-refractivity contribution in [3.05, 3.63) is 24.3 Å². The van der Waals surface area contributed by atoms with Crippen molar-refractivity contribution >= 4 is 89.1 Å². The molecule has 0 fully saturated rings. The zero-order chi connectivity index (χ0) is 11.0. The van der Waals surface area contributed by atoms with Gasteiger partial charge in [-0.1, -0.05) is 12.1 Å². The van der Waals surface area contributed by atoms with Crippen LogP contribution in [0.3, 0.4) is 0 Å². The molecule has 0 unspecified atom stereocenters. The van der Waals surface area contributed by atoms with Crippen molar-refractivity contribution in [1.82, 2.24) is 0 Å². The van der Waals surface area contributed by atoms with Gasteiger partial charge in [-0.15, -0.1) is 0 Å². The fourth-order valence-electron chi connectivity index (χ4n) is 0.876. The maximum atomic E-state index is 10.7. The molecule has 0 saturated carbocycles. The molecule has 0 aliphatic carbocycles. The van der Waals surface area contributed by atoms with E-state index < -0.39 is 30.0 Å². The van der Waals surface area contributed by atoms with E-state index in [-0.39, 0.29) is 68.9 Å². The van der Waals surface area contributed by atoms with Crippen molar-refractivity contribution in [3.63, 3.8) is 0 Å². The van der Waals surface area contributed by atoms with Crippen LogP contribution in [0.1, 0.15) is 0 Å². The minimum absolute atomic E-state index is 0. The predicted molar refractivity (Wildman–Crippen MR) is 53.2 cm³/mol. The molecule has 0 aromatic heterocycles. The summed E-state index contributed by atoms with van der Waals surface area (Å²) >= 11 is 0. The van der Waals surface area contributed by atoms with Crippen molar-refractivity contribution < 1.29 is 25.9 Å². The van der Waals surface area contributed by atoms with Gasteiger partial charge in [-0.05, 0) is 12.1 Å². The molecule has 1 aromatic rings. The maximum absolute atomic E-state index is 10.7. The Hall–Kier alpha value is 1.09. The summed E-state index contributed by atoms with van der Waals surface area (Å²) in [6.45, 7) is 0. The number of hydrogen-bond acceptors (Lipinski definition) is 4. The second-order valence-electron chi connectivity index (χ2n) is 2.40. The van der Waals surface area contributed by atoms with Gasteiger partial charge in [-0.3, -0.25) is 9.11 Å². The summed E-state index contributed by atoms with van der Waals surface area (Å²) < 4.78 is 60.0. The van der Waals surface area contributed by atoms with E-state index in [1.807, 2.05) is 0 Å². The van der Waals surface area contributed by atoms with Crippen LogP contribution in [0.5, 0.6) is 0 Å². The van der Waals surface area contributed by atoms with Crippen LogP contribution >= 0.6 is 0 Å². The first-order valence-corrected chi connectivity index (χ1v) is 6.15. The summed E-state index contributed by atoms with van der Waals surface area (Å²) in [4.78, 5) is -1.69. The topological polar surface area (TPSA) is 109 Å². The second-order valence-corrected chi connectivity index (χ2v) is 5.18. The van der Waals surface area contributed by atoms with Gasteiger partial charge in [0.2, 0.25) is 0 Å². The van der Waals surface area contributed by atoms with Crippen LogP contribution in [-0.2, 0) is 20.2 Å². The zero-order valence-corrected chi connectivity index (χ0v) is 8.29. The number of hydrogen-bond donors (Lipinski definition) is 2. The Kier molecular flexibility index (Phi) is 6.03. The summed E-state index contributed by atoms with van der Waals surface area (Å²) in [5.41, 5.74) is 0. The van der Waals surface area contributed by atoms with Crippen molar-refractivity contribution in [2.45, 2.75) is 9.79 Å². The minimum atomic E-state index is -4.66. The van der Waals surface area contributed by atoms with Gasteiger partial charge in [0.05, 0.1) is 0 Å². The number of benzene rings is 1. The molecule has 15 heavy (non-hydrogen) atoms. The van der Waals surface area contributed by atoms with Crippen LogP contribution in [0, 0.1) is 0 Å². The van der Waals surface area contributed by atoms with Crippen molar-refractivity contribution in [2.75, 3.05) is 0 Å². The standard InChI is InChI=1S/C6H6O6S2.Cs.H/c7-13(8,9)5-3-1-2-4-6(5)14(10,11)12;;/h1-4H,(H,7,8,9)(H,10,11,12);;. The van der Waals surface area contributed by atoms with E-state index in [2.05, 4.69) is 0 Å². The predicted octanol–water partition coefficient (Wildman–Crippen LogP) is -0.468. The Morgan fingerprint density at radius 3 is 1.27 bits per heavy atom. The van der Waals surface area contributed by atoms with E-state index in [4.69, 9.17) is 9.11 Å². The van der Waals surface area contributed by atoms with Crippen molar-refractivity contribution in [3.8, 4) is 0 Å². The average Bonchev–Trinajstić information content (AvgIpc) is 2.01. The van der Waals surface area contributed by atoms with Crippen LogP contribution in [0.25, 0.3) is 0 Å². The van der Waals surface area contributed by atoms with Gasteiger partial charge in [-0.25, -0.2) is 0 Å². The number of rotatable bonds is 2. The zero-order valence-electron chi connectivity index (χ0n) is 6.65. The second kappa shape index (κ2) is 5.62. The van der Waals surface area contributed by atoms with Gasteiger partial charge in [-0.2, -0.15) is 16.8 Å². The molecule has 0 atom stereocenters. The van der Waals surface area contributed by atoms with Gasteiger partial charge < -0.3 is 0 Å². The molecule has 0 spiro atoms. The Morgan fingerprint density at radius 1 is 0.800 bits per heavy atom. The molecule has 1 aromatic carbocycles. The third-order valence-electron chi connectivity index (χ3n) is 1.40. The normalized spacial score (nSPS) is 11.9. The van der Waals surface area contributed by atoms with E-state index in [1.165, 1.54) is 12.1 Å². The Morgan fingerprint density at radius 2 is 1.07 bits per heavy atom. The van der Waals surface area contributed by atoms with Crippen LogP contribution in [-0.4, -0.2) is 94.8 Å². The first-order valence-electron chi connectivity index (χ1n) is 3.27. The van der Waals surface area contributed by atoms with Gasteiger partial charge in [0.1, 0.15) is 9.79 Å². The van der Waals surface area contributed by atoms with Crippen LogP contribution < -0.4 is 0 Å². The van der Waals surface area contributed by atoms with E-state index in [0.717, 1.165) is 12.1 Å². The monoisotopic (exact) mass is 372 g/mol. The molecule has 0 bridgehead atoms. The summed E-state index contributed by atoms with van der Waals surface area (Å²) in [6.07, 6.45) is 0. The summed E-state index contributed by atoms with van der Waals surface area (Å²) in [5, 5.41) is 0. The molecular formula is C6H7CsO6S2. The van der Waals surface area contributed by atoms with Crippen molar-refractivity contribution in [1.29, 1.82) is 0 Å². The van der Waals surface area contributed by atoms with E-state index in [0.29, 0.717) is 0 Å². The quantitative estimate of drug-likeness (QED) is 0.680. The fourth-order valence-corrected chi connectivity index (χ4v) is 2.65. The van der Waals surface area contributed by atoms with Gasteiger partial charge in [0.25, 0.3) is 20.2 Å². The molecule has 2 N–H and O–H groups in total. The van der Waals surface area contributed by atoms with Gasteiger partial charge in [0.15, 0.2) is 0 Å². The average molecular weight is 372 g/mol. The molecule has 80 valence electrons. The summed E-state index contributed by atoms with van der Waals surface area (Å²) in [5.74, 6) is 0.